The Morgan fingerprint density at radius 2 is 1.94 bits per heavy atom. The molecule has 0 aliphatic carbocycles. The van der Waals surface area contributed by atoms with Gasteiger partial charge in [-0.05, 0) is 26.0 Å². The maximum atomic E-state index is 5.55. The van der Waals surface area contributed by atoms with E-state index in [9.17, 15) is 0 Å². The summed E-state index contributed by atoms with van der Waals surface area (Å²) >= 11 is 0. The van der Waals surface area contributed by atoms with Gasteiger partial charge in [0.1, 0.15) is 5.69 Å². The summed E-state index contributed by atoms with van der Waals surface area (Å²) < 4.78 is 5.55. The predicted molar refractivity (Wildman–Crippen MR) is 65.7 cm³/mol. The van der Waals surface area contributed by atoms with Crippen LogP contribution in [-0.4, -0.2) is 6.04 Å². The molecule has 1 aliphatic heterocycles. The quantitative estimate of drug-likeness (QED) is 0.780. The van der Waals surface area contributed by atoms with E-state index in [1.807, 2.05) is 18.2 Å². The number of para-hydroxylation sites is 2. The zero-order chi connectivity index (χ0) is 11.1. The first-order chi connectivity index (χ1) is 7.77. The maximum absolute atomic E-state index is 5.55. The van der Waals surface area contributed by atoms with Crippen molar-refractivity contribution in [3.05, 3.63) is 36.6 Å². The van der Waals surface area contributed by atoms with Crippen molar-refractivity contribution in [2.24, 2.45) is 0 Å². The zero-order valence-corrected chi connectivity index (χ0v) is 9.40. The third kappa shape index (κ3) is 1.21. The highest BCUT2D eigenvalue weighted by molar-refractivity contribution is 5.89. The molecule has 1 aromatic carbocycles. The minimum atomic E-state index is 0.369. The number of nitrogens with one attached hydrogen (secondary N) is 1. The summed E-state index contributed by atoms with van der Waals surface area (Å²) in [6, 6.07) is 10.6. The molecule has 0 saturated heterocycles. The normalized spacial score (nSPS) is 13.3. The van der Waals surface area contributed by atoms with Gasteiger partial charge in [0.15, 0.2) is 0 Å². The molecular weight excluding hydrogens is 200 g/mol. The van der Waals surface area contributed by atoms with Crippen LogP contribution in [0, 0.1) is 0 Å². The lowest BCUT2D eigenvalue weighted by molar-refractivity contribution is 0.549. The number of nitrogens with zero attached hydrogens (tertiary/aromatic N) is 1. The molecule has 0 amide bonds. The molecule has 16 heavy (non-hydrogen) atoms. The van der Waals surface area contributed by atoms with E-state index in [1.54, 1.807) is 6.26 Å². The van der Waals surface area contributed by atoms with Gasteiger partial charge in [-0.3, -0.25) is 0 Å². The van der Waals surface area contributed by atoms with Gasteiger partial charge in [-0.2, -0.15) is 0 Å². The zero-order valence-electron chi connectivity index (χ0n) is 9.40. The van der Waals surface area contributed by atoms with Gasteiger partial charge in [-0.15, -0.1) is 0 Å². The van der Waals surface area contributed by atoms with Crippen LogP contribution in [0.3, 0.4) is 0 Å². The van der Waals surface area contributed by atoms with Crippen LogP contribution in [0.15, 0.2) is 41.0 Å². The third-order valence-electron chi connectivity index (χ3n) is 2.81. The van der Waals surface area contributed by atoms with Crippen molar-refractivity contribution in [2.45, 2.75) is 19.9 Å². The van der Waals surface area contributed by atoms with Crippen molar-refractivity contribution < 1.29 is 4.42 Å². The van der Waals surface area contributed by atoms with Crippen molar-refractivity contribution in [2.75, 3.05) is 10.2 Å². The van der Waals surface area contributed by atoms with Crippen LogP contribution < -0.4 is 10.2 Å². The van der Waals surface area contributed by atoms with Gasteiger partial charge in [0, 0.05) is 12.1 Å². The van der Waals surface area contributed by atoms with Crippen LogP contribution in [0.25, 0.3) is 0 Å². The Hall–Kier alpha value is -1.90. The van der Waals surface area contributed by atoms with E-state index < -0.39 is 0 Å². The van der Waals surface area contributed by atoms with E-state index in [0.29, 0.717) is 6.04 Å². The van der Waals surface area contributed by atoms with E-state index in [4.69, 9.17) is 4.42 Å². The van der Waals surface area contributed by atoms with Crippen LogP contribution in [0.1, 0.15) is 13.8 Å². The monoisotopic (exact) mass is 214 g/mol. The fraction of sp³-hybridized carbons (Fsp3) is 0.231. The van der Waals surface area contributed by atoms with Gasteiger partial charge in [0.05, 0.1) is 17.6 Å². The van der Waals surface area contributed by atoms with Gasteiger partial charge in [-0.25, -0.2) is 0 Å². The van der Waals surface area contributed by atoms with Gasteiger partial charge in [0.25, 0.3) is 0 Å². The first kappa shape index (κ1) is 9.33. The van der Waals surface area contributed by atoms with Crippen LogP contribution in [-0.2, 0) is 0 Å². The molecule has 2 heterocycles. The average molecular weight is 214 g/mol. The number of hydrogen-bond donors (Lipinski definition) is 1. The summed E-state index contributed by atoms with van der Waals surface area (Å²) in [4.78, 5) is 2.21. The van der Waals surface area contributed by atoms with Crippen molar-refractivity contribution in [1.29, 1.82) is 0 Å². The fourth-order valence-corrected chi connectivity index (χ4v) is 2.14. The first-order valence-corrected chi connectivity index (χ1v) is 5.50. The molecule has 0 bridgehead atoms. The summed E-state index contributed by atoms with van der Waals surface area (Å²) in [6.45, 7) is 4.32. The molecule has 82 valence electrons. The number of hydrogen-bond acceptors (Lipinski definition) is 3. The van der Waals surface area contributed by atoms with E-state index in [1.165, 1.54) is 5.69 Å². The predicted octanol–water partition coefficient (Wildman–Crippen LogP) is 3.88. The van der Waals surface area contributed by atoms with Crippen LogP contribution in [0.5, 0.6) is 0 Å². The van der Waals surface area contributed by atoms with Crippen LogP contribution in [0.4, 0.5) is 22.9 Å². The summed E-state index contributed by atoms with van der Waals surface area (Å²) in [5.41, 5.74) is 3.33. The van der Waals surface area contributed by atoms with Crippen molar-refractivity contribution >= 4 is 22.9 Å². The molecule has 0 unspecified atom stereocenters. The number of anilines is 4. The lowest BCUT2D eigenvalue weighted by Gasteiger charge is -2.33. The minimum Gasteiger partial charge on any atom is -0.446 e. The highest BCUT2D eigenvalue weighted by atomic mass is 16.3. The Balaban J connectivity index is 2.19. The second-order valence-corrected chi connectivity index (χ2v) is 4.25. The van der Waals surface area contributed by atoms with E-state index in [2.05, 4.69) is 36.2 Å². The van der Waals surface area contributed by atoms with Gasteiger partial charge >= 0.3 is 0 Å². The number of rotatable bonds is 1. The number of fused-ring (bicyclic) bond motifs is 2. The molecule has 1 N–H and O–H groups in total. The Morgan fingerprint density at radius 1 is 1.12 bits per heavy atom. The highest BCUT2D eigenvalue weighted by Gasteiger charge is 2.26. The van der Waals surface area contributed by atoms with Crippen molar-refractivity contribution in [3.63, 3.8) is 0 Å². The molecule has 1 aliphatic rings. The molecule has 0 saturated carbocycles. The molecule has 2 aromatic rings. The summed E-state index contributed by atoms with van der Waals surface area (Å²) in [6.07, 6.45) is 1.72. The fourth-order valence-electron chi connectivity index (χ4n) is 2.14. The van der Waals surface area contributed by atoms with Crippen molar-refractivity contribution in [3.8, 4) is 0 Å². The molecule has 3 nitrogen and oxygen atoms in total. The summed E-state index contributed by atoms with van der Waals surface area (Å²) in [5, 5.41) is 3.37. The minimum absolute atomic E-state index is 0.369. The van der Waals surface area contributed by atoms with E-state index in [-0.39, 0.29) is 0 Å². The second kappa shape index (κ2) is 3.30. The van der Waals surface area contributed by atoms with Gasteiger partial charge < -0.3 is 14.6 Å². The molecule has 0 radical (unpaired) electrons. The summed E-state index contributed by atoms with van der Waals surface area (Å²) in [7, 11) is 0. The third-order valence-corrected chi connectivity index (χ3v) is 2.81. The smallest absolute Gasteiger partial charge is 0.223 e. The average Bonchev–Trinajstić information content (AvgIpc) is 2.72. The molecule has 0 fully saturated rings. The standard InChI is InChI=1S/C13H14N2O/c1-9(2)15-12-6-4-3-5-10(12)14-11-7-8-16-13(11)15/h3-9,14H,1-2H3. The topological polar surface area (TPSA) is 28.4 Å². The Morgan fingerprint density at radius 3 is 2.75 bits per heavy atom. The maximum Gasteiger partial charge on any atom is 0.223 e. The van der Waals surface area contributed by atoms with Crippen LogP contribution in [0.2, 0.25) is 0 Å². The van der Waals surface area contributed by atoms with E-state index >= 15 is 0 Å². The summed E-state index contributed by atoms with van der Waals surface area (Å²) in [5.74, 6) is 0.897. The molecule has 1 aromatic heterocycles. The lowest BCUT2D eigenvalue weighted by Crippen LogP contribution is -2.28. The second-order valence-electron chi connectivity index (χ2n) is 4.25. The van der Waals surface area contributed by atoms with Crippen LogP contribution >= 0.6 is 0 Å². The Bertz CT molecular complexity index is 516. The Labute approximate surface area is 94.7 Å². The van der Waals surface area contributed by atoms with Crippen molar-refractivity contribution in [1.82, 2.24) is 0 Å². The first-order valence-electron chi connectivity index (χ1n) is 5.50. The number of benzene rings is 1. The van der Waals surface area contributed by atoms with Gasteiger partial charge in [0.2, 0.25) is 5.88 Å². The van der Waals surface area contributed by atoms with Gasteiger partial charge in [-0.1, -0.05) is 12.1 Å². The molecule has 3 rings (SSSR count). The lowest BCUT2D eigenvalue weighted by atomic mass is 10.1. The Kier molecular flexibility index (Phi) is 1.93. The molecule has 0 atom stereocenters. The number of furan rings is 1. The highest BCUT2D eigenvalue weighted by Crippen LogP contribution is 2.44. The molecular formula is C13H14N2O. The molecule has 3 heteroatoms. The largest absolute Gasteiger partial charge is 0.446 e. The SMILES string of the molecule is CC(C)N1c2ccccc2Nc2ccoc21. The van der Waals surface area contributed by atoms with E-state index in [0.717, 1.165) is 17.3 Å². The molecule has 0 spiro atoms.